The molecule has 2 aliphatic rings. The Morgan fingerprint density at radius 3 is 2.43 bits per heavy atom. The molecule has 0 spiro atoms. The molecule has 2 saturated carbocycles. The molecule has 0 aromatic heterocycles. The molecule has 0 heterocycles. The fourth-order valence-electron chi connectivity index (χ4n) is 5.03. The highest BCUT2D eigenvalue weighted by Gasteiger charge is 2.38. The molecule has 4 atom stereocenters. The second kappa shape index (κ2) is 7.84. The summed E-state index contributed by atoms with van der Waals surface area (Å²) in [6.45, 7) is 13.1. The molecule has 2 N–H and O–H groups in total. The van der Waals surface area contributed by atoms with Gasteiger partial charge in [0.1, 0.15) is 0 Å². The molecular formula is C20H39NO2. The van der Waals surface area contributed by atoms with Gasteiger partial charge in [-0.15, -0.1) is 0 Å². The molecular weight excluding hydrogens is 286 g/mol. The van der Waals surface area contributed by atoms with Gasteiger partial charge >= 0.3 is 0 Å². The van der Waals surface area contributed by atoms with Gasteiger partial charge in [0.2, 0.25) is 0 Å². The van der Waals surface area contributed by atoms with Gasteiger partial charge in [-0.2, -0.15) is 0 Å². The van der Waals surface area contributed by atoms with E-state index in [1.54, 1.807) is 0 Å². The van der Waals surface area contributed by atoms with Crippen molar-refractivity contribution in [2.45, 2.75) is 84.8 Å². The van der Waals surface area contributed by atoms with Crippen molar-refractivity contribution in [3.63, 3.8) is 0 Å². The molecule has 0 radical (unpaired) electrons. The predicted molar refractivity (Wildman–Crippen MR) is 96.5 cm³/mol. The summed E-state index contributed by atoms with van der Waals surface area (Å²) in [7, 11) is 0. The van der Waals surface area contributed by atoms with Gasteiger partial charge < -0.3 is 15.2 Å². The smallest absolute Gasteiger partial charge is 0.0897 e. The van der Waals surface area contributed by atoms with E-state index in [1.807, 2.05) is 0 Å². The first-order valence-corrected chi connectivity index (χ1v) is 9.65. The summed E-state index contributed by atoms with van der Waals surface area (Å²) in [6, 6.07) is 0. The van der Waals surface area contributed by atoms with Crippen LogP contribution in [0.1, 0.15) is 73.1 Å². The van der Waals surface area contributed by atoms with Crippen molar-refractivity contribution in [1.29, 1.82) is 0 Å². The van der Waals surface area contributed by atoms with Gasteiger partial charge in [-0.05, 0) is 69.1 Å². The Kier molecular flexibility index (Phi) is 6.55. The van der Waals surface area contributed by atoms with E-state index in [0.29, 0.717) is 18.6 Å². The first-order chi connectivity index (χ1) is 10.6. The Labute approximate surface area is 143 Å². The van der Waals surface area contributed by atoms with Crippen molar-refractivity contribution in [1.82, 2.24) is 5.32 Å². The molecule has 2 rings (SSSR count). The first kappa shape index (κ1) is 19.2. The molecule has 2 bridgehead atoms. The lowest BCUT2D eigenvalue weighted by atomic mass is 9.82. The SMILES string of the molecule is CC(C)(C)CC(C)(C)NC[C@@H](O)COCC[C@H]1C[C@@H]2CC[C@@H]1C2. The van der Waals surface area contributed by atoms with Crippen LogP contribution in [-0.4, -0.2) is 36.5 Å². The highest BCUT2D eigenvalue weighted by atomic mass is 16.5. The van der Waals surface area contributed by atoms with Crippen molar-refractivity contribution in [3.05, 3.63) is 0 Å². The van der Waals surface area contributed by atoms with Crippen LogP contribution in [0.25, 0.3) is 0 Å². The quantitative estimate of drug-likeness (QED) is 0.630. The summed E-state index contributed by atoms with van der Waals surface area (Å²) in [5, 5.41) is 13.6. The number of rotatable bonds is 9. The van der Waals surface area contributed by atoms with Gasteiger partial charge in [0.05, 0.1) is 12.7 Å². The normalized spacial score (nSPS) is 29.2. The summed E-state index contributed by atoms with van der Waals surface area (Å²) in [6.07, 6.45) is 7.68. The van der Waals surface area contributed by atoms with Crippen LogP contribution in [0.3, 0.4) is 0 Å². The molecule has 23 heavy (non-hydrogen) atoms. The second-order valence-electron chi connectivity index (χ2n) is 9.95. The summed E-state index contributed by atoms with van der Waals surface area (Å²) in [4.78, 5) is 0. The van der Waals surface area contributed by atoms with E-state index in [1.165, 1.54) is 32.1 Å². The van der Waals surface area contributed by atoms with Gasteiger partial charge in [0.15, 0.2) is 0 Å². The number of ether oxygens (including phenoxy) is 1. The van der Waals surface area contributed by atoms with Gasteiger partial charge in [0.25, 0.3) is 0 Å². The van der Waals surface area contributed by atoms with Crippen molar-refractivity contribution in [2.24, 2.45) is 23.2 Å². The van der Waals surface area contributed by atoms with Crippen LogP contribution in [0.2, 0.25) is 0 Å². The molecule has 2 aliphatic carbocycles. The van der Waals surface area contributed by atoms with Crippen molar-refractivity contribution >= 4 is 0 Å². The lowest BCUT2D eigenvalue weighted by molar-refractivity contribution is 0.0248. The molecule has 3 nitrogen and oxygen atoms in total. The average molecular weight is 326 g/mol. The van der Waals surface area contributed by atoms with Crippen LogP contribution < -0.4 is 5.32 Å². The summed E-state index contributed by atoms with van der Waals surface area (Å²) in [5.74, 6) is 2.90. The minimum absolute atomic E-state index is 0.0440. The van der Waals surface area contributed by atoms with E-state index in [-0.39, 0.29) is 5.54 Å². The Morgan fingerprint density at radius 2 is 1.87 bits per heavy atom. The maximum absolute atomic E-state index is 10.1. The van der Waals surface area contributed by atoms with Crippen LogP contribution in [-0.2, 0) is 4.74 Å². The Bertz CT molecular complexity index is 361. The van der Waals surface area contributed by atoms with Crippen LogP contribution >= 0.6 is 0 Å². The maximum atomic E-state index is 10.1. The summed E-state index contributed by atoms with van der Waals surface area (Å²) in [5.41, 5.74) is 0.334. The third-order valence-electron chi connectivity index (χ3n) is 5.62. The summed E-state index contributed by atoms with van der Waals surface area (Å²) < 4.78 is 5.74. The van der Waals surface area contributed by atoms with E-state index < -0.39 is 6.10 Å². The Hall–Kier alpha value is -0.120. The average Bonchev–Trinajstić information content (AvgIpc) is 3.01. The van der Waals surface area contributed by atoms with Gasteiger partial charge in [-0.3, -0.25) is 0 Å². The monoisotopic (exact) mass is 325 g/mol. The molecule has 136 valence electrons. The number of β-amino-alcohol motifs (C(OH)–C–C–N with tert-alkyl or cyclic N) is 1. The lowest BCUT2D eigenvalue weighted by Gasteiger charge is -2.34. The van der Waals surface area contributed by atoms with Crippen LogP contribution in [0, 0.1) is 23.2 Å². The number of aliphatic hydroxyl groups excluding tert-OH is 1. The summed E-state index contributed by atoms with van der Waals surface area (Å²) >= 11 is 0. The fraction of sp³-hybridized carbons (Fsp3) is 1.00. The molecule has 0 aliphatic heterocycles. The highest BCUT2D eigenvalue weighted by Crippen LogP contribution is 2.49. The third-order valence-corrected chi connectivity index (χ3v) is 5.62. The molecule has 0 saturated heterocycles. The van der Waals surface area contributed by atoms with Crippen LogP contribution in [0.5, 0.6) is 0 Å². The zero-order valence-corrected chi connectivity index (χ0v) is 16.0. The topological polar surface area (TPSA) is 41.5 Å². The molecule has 0 aromatic carbocycles. The number of hydrogen-bond acceptors (Lipinski definition) is 3. The number of aliphatic hydroxyl groups is 1. The molecule has 0 amide bonds. The van der Waals surface area contributed by atoms with Gasteiger partial charge in [-0.1, -0.05) is 27.2 Å². The third kappa shape index (κ3) is 6.72. The maximum Gasteiger partial charge on any atom is 0.0897 e. The van der Waals surface area contributed by atoms with E-state index in [2.05, 4.69) is 39.9 Å². The largest absolute Gasteiger partial charge is 0.389 e. The molecule has 2 fully saturated rings. The van der Waals surface area contributed by atoms with Crippen molar-refractivity contribution < 1.29 is 9.84 Å². The fourth-order valence-corrected chi connectivity index (χ4v) is 5.03. The van der Waals surface area contributed by atoms with Crippen molar-refractivity contribution in [3.8, 4) is 0 Å². The standard InChI is InChI=1S/C20H39NO2/c1-19(2,3)14-20(4,5)21-12-18(22)13-23-9-8-17-11-15-6-7-16(17)10-15/h15-18,21-22H,6-14H2,1-5H3/t15-,16-,17+,18-/m1/s1. The first-order valence-electron chi connectivity index (χ1n) is 9.65. The predicted octanol–water partition coefficient (Wildman–Crippen LogP) is 3.99. The Balaban J connectivity index is 1.54. The molecule has 3 heteroatoms. The highest BCUT2D eigenvalue weighted by molar-refractivity contribution is 4.89. The van der Waals surface area contributed by atoms with Crippen LogP contribution in [0.4, 0.5) is 0 Å². The second-order valence-corrected chi connectivity index (χ2v) is 9.95. The van der Waals surface area contributed by atoms with Crippen LogP contribution in [0.15, 0.2) is 0 Å². The molecule has 0 unspecified atom stereocenters. The number of fused-ring (bicyclic) bond motifs is 2. The van der Waals surface area contributed by atoms with E-state index >= 15 is 0 Å². The van der Waals surface area contributed by atoms with Gasteiger partial charge in [0, 0.05) is 18.7 Å². The molecule has 0 aromatic rings. The van der Waals surface area contributed by atoms with E-state index in [4.69, 9.17) is 4.74 Å². The zero-order chi connectivity index (χ0) is 17.1. The Morgan fingerprint density at radius 1 is 1.13 bits per heavy atom. The number of nitrogens with one attached hydrogen (secondary N) is 1. The minimum atomic E-state index is -0.408. The van der Waals surface area contributed by atoms with Gasteiger partial charge in [-0.25, -0.2) is 0 Å². The number of hydrogen-bond donors (Lipinski definition) is 2. The minimum Gasteiger partial charge on any atom is -0.389 e. The zero-order valence-electron chi connectivity index (χ0n) is 16.0. The van der Waals surface area contributed by atoms with E-state index in [0.717, 1.165) is 30.8 Å². The van der Waals surface area contributed by atoms with E-state index in [9.17, 15) is 5.11 Å². The van der Waals surface area contributed by atoms with Crippen molar-refractivity contribution in [2.75, 3.05) is 19.8 Å². The lowest BCUT2D eigenvalue weighted by Crippen LogP contribution is -2.46.